The molecule has 48 valence electrons. The van der Waals surface area contributed by atoms with Gasteiger partial charge in [-0.1, -0.05) is 28.7 Å². The van der Waals surface area contributed by atoms with Crippen molar-refractivity contribution in [1.82, 2.24) is 0 Å². The van der Waals surface area contributed by atoms with Crippen molar-refractivity contribution >= 4 is 22.6 Å². The maximum Gasteiger partial charge on any atom is 0.0475 e. The molecule has 0 radical (unpaired) electrons. The molecule has 0 heterocycles. The molecule has 1 nitrogen and oxygen atoms in total. The molecule has 0 aliphatic heterocycles. The summed E-state index contributed by atoms with van der Waals surface area (Å²) in [6.45, 7) is 4.48. The summed E-state index contributed by atoms with van der Waals surface area (Å²) in [5, 5.41) is 0. The zero-order valence-electron chi connectivity index (χ0n) is 5.06. The van der Waals surface area contributed by atoms with Gasteiger partial charge in [0, 0.05) is 17.6 Å². The fraction of sp³-hybridized carbons (Fsp3) is 0.667. The molecule has 0 saturated carbocycles. The van der Waals surface area contributed by atoms with E-state index in [1.165, 1.54) is 0 Å². The highest BCUT2D eigenvalue weighted by atomic mass is 127. The van der Waals surface area contributed by atoms with E-state index < -0.39 is 0 Å². The number of allylic oxidation sites excluding steroid dienone is 1. The van der Waals surface area contributed by atoms with Crippen LogP contribution in [0, 0.1) is 0 Å². The summed E-state index contributed by atoms with van der Waals surface area (Å²) in [6.07, 6.45) is 3.00. The molecule has 0 aliphatic rings. The summed E-state index contributed by atoms with van der Waals surface area (Å²) in [4.78, 5) is 0. The quantitative estimate of drug-likeness (QED) is 0.404. The van der Waals surface area contributed by atoms with Gasteiger partial charge in [-0.2, -0.15) is 0 Å². The average molecular weight is 226 g/mol. The van der Waals surface area contributed by atoms with E-state index in [1.807, 2.05) is 6.08 Å². The highest BCUT2D eigenvalue weighted by molar-refractivity contribution is 14.1. The van der Waals surface area contributed by atoms with Gasteiger partial charge in [-0.15, -0.1) is 6.58 Å². The molecule has 0 bridgehead atoms. The van der Waals surface area contributed by atoms with E-state index in [9.17, 15) is 0 Å². The third-order valence-corrected chi connectivity index (χ3v) is 1.98. The van der Waals surface area contributed by atoms with Gasteiger partial charge in [-0.05, 0) is 6.42 Å². The second-order valence-corrected chi connectivity index (χ2v) is 3.13. The first-order valence-electron chi connectivity index (χ1n) is 2.56. The van der Waals surface area contributed by atoms with Crippen molar-refractivity contribution in [3.8, 4) is 0 Å². The number of rotatable bonds is 4. The lowest BCUT2D eigenvalue weighted by atomic mass is 10.3. The summed E-state index contributed by atoms with van der Waals surface area (Å²) in [5.74, 6) is 0. The Morgan fingerprint density at radius 1 is 1.88 bits per heavy atom. The number of hydrogen-bond acceptors (Lipinski definition) is 1. The number of hydrogen-bond donors (Lipinski definition) is 0. The maximum atomic E-state index is 4.86. The molecule has 0 aromatic carbocycles. The third-order valence-electron chi connectivity index (χ3n) is 0.854. The van der Waals surface area contributed by atoms with Gasteiger partial charge in [-0.3, -0.25) is 0 Å². The summed E-state index contributed by atoms with van der Waals surface area (Å²) in [6, 6.07) is 0. The molecule has 1 unspecified atom stereocenters. The Morgan fingerprint density at radius 2 is 2.50 bits per heavy atom. The van der Waals surface area contributed by atoms with Crippen LogP contribution in [0.15, 0.2) is 12.7 Å². The number of halogens is 1. The number of methoxy groups -OCH3 is 1. The van der Waals surface area contributed by atoms with Gasteiger partial charge in [0.1, 0.15) is 0 Å². The summed E-state index contributed by atoms with van der Waals surface area (Å²) in [5.41, 5.74) is 0. The SMILES string of the molecule is C=CC(I)CCOC. The predicted octanol–water partition coefficient (Wildman–Crippen LogP) is 2.01. The van der Waals surface area contributed by atoms with Gasteiger partial charge in [0.15, 0.2) is 0 Å². The minimum atomic E-state index is 0.563. The summed E-state index contributed by atoms with van der Waals surface area (Å²) >= 11 is 2.33. The van der Waals surface area contributed by atoms with Crippen LogP contribution in [0.4, 0.5) is 0 Å². The second-order valence-electron chi connectivity index (χ2n) is 1.53. The molecule has 0 rings (SSSR count). The smallest absolute Gasteiger partial charge is 0.0475 e. The van der Waals surface area contributed by atoms with Crippen LogP contribution in [0.2, 0.25) is 0 Å². The van der Waals surface area contributed by atoms with E-state index in [1.54, 1.807) is 7.11 Å². The van der Waals surface area contributed by atoms with Gasteiger partial charge in [-0.25, -0.2) is 0 Å². The first kappa shape index (κ1) is 8.43. The van der Waals surface area contributed by atoms with Crippen molar-refractivity contribution < 1.29 is 4.74 Å². The van der Waals surface area contributed by atoms with Crippen LogP contribution in [0.5, 0.6) is 0 Å². The Balaban J connectivity index is 2.98. The molecule has 1 atom stereocenters. The van der Waals surface area contributed by atoms with Crippen LogP contribution in [0.25, 0.3) is 0 Å². The zero-order chi connectivity index (χ0) is 6.41. The predicted molar refractivity (Wildman–Crippen MR) is 44.5 cm³/mol. The van der Waals surface area contributed by atoms with Crippen molar-refractivity contribution in [3.63, 3.8) is 0 Å². The first-order chi connectivity index (χ1) is 3.81. The van der Waals surface area contributed by atoms with Crippen LogP contribution < -0.4 is 0 Å². The topological polar surface area (TPSA) is 9.23 Å². The van der Waals surface area contributed by atoms with E-state index in [-0.39, 0.29) is 0 Å². The molecule has 0 spiro atoms. The molecule has 0 saturated heterocycles. The van der Waals surface area contributed by atoms with Crippen molar-refractivity contribution in [3.05, 3.63) is 12.7 Å². The standard InChI is InChI=1S/C6H11IO/c1-3-6(7)4-5-8-2/h3,6H,1,4-5H2,2H3. The van der Waals surface area contributed by atoms with Crippen LogP contribution >= 0.6 is 22.6 Å². The first-order valence-corrected chi connectivity index (χ1v) is 3.81. The lowest BCUT2D eigenvalue weighted by Crippen LogP contribution is -1.97. The van der Waals surface area contributed by atoms with Crippen LogP contribution in [0.1, 0.15) is 6.42 Å². The molecule has 2 heteroatoms. The van der Waals surface area contributed by atoms with E-state index >= 15 is 0 Å². The van der Waals surface area contributed by atoms with E-state index in [0.717, 1.165) is 13.0 Å². The van der Waals surface area contributed by atoms with Gasteiger partial charge in [0.25, 0.3) is 0 Å². The molecular weight excluding hydrogens is 215 g/mol. The fourth-order valence-electron chi connectivity index (χ4n) is 0.348. The monoisotopic (exact) mass is 226 g/mol. The number of alkyl halides is 1. The molecule has 0 amide bonds. The largest absolute Gasteiger partial charge is 0.385 e. The van der Waals surface area contributed by atoms with Gasteiger partial charge in [0.2, 0.25) is 0 Å². The highest BCUT2D eigenvalue weighted by Crippen LogP contribution is 2.05. The molecule has 0 aromatic heterocycles. The normalized spacial score (nSPS) is 13.2. The minimum Gasteiger partial charge on any atom is -0.385 e. The molecule has 8 heavy (non-hydrogen) atoms. The highest BCUT2D eigenvalue weighted by Gasteiger charge is 1.94. The van der Waals surface area contributed by atoms with Crippen LogP contribution in [-0.2, 0) is 4.74 Å². The molecule has 0 N–H and O–H groups in total. The average Bonchev–Trinajstić information content (AvgIpc) is 1.83. The Bertz CT molecular complexity index is 63.5. The third kappa shape index (κ3) is 4.59. The maximum absolute atomic E-state index is 4.86. The van der Waals surface area contributed by atoms with Gasteiger partial charge >= 0.3 is 0 Å². The fourth-order valence-corrected chi connectivity index (χ4v) is 0.603. The van der Waals surface area contributed by atoms with Crippen molar-refractivity contribution in [2.45, 2.75) is 10.3 Å². The Hall–Kier alpha value is 0.430. The van der Waals surface area contributed by atoms with Gasteiger partial charge in [0.05, 0.1) is 0 Å². The Labute approximate surface area is 64.2 Å². The van der Waals surface area contributed by atoms with E-state index in [4.69, 9.17) is 4.74 Å². The van der Waals surface area contributed by atoms with E-state index in [0.29, 0.717) is 3.92 Å². The molecule has 0 aliphatic carbocycles. The molecule has 0 fully saturated rings. The van der Waals surface area contributed by atoms with Crippen LogP contribution in [-0.4, -0.2) is 17.6 Å². The lowest BCUT2D eigenvalue weighted by molar-refractivity contribution is 0.197. The summed E-state index contributed by atoms with van der Waals surface area (Å²) in [7, 11) is 1.71. The Morgan fingerprint density at radius 3 is 2.88 bits per heavy atom. The van der Waals surface area contributed by atoms with Crippen molar-refractivity contribution in [2.24, 2.45) is 0 Å². The van der Waals surface area contributed by atoms with E-state index in [2.05, 4.69) is 29.2 Å². The molecule has 0 aromatic rings. The number of ether oxygens (including phenoxy) is 1. The Kier molecular flexibility index (Phi) is 5.86. The van der Waals surface area contributed by atoms with Crippen LogP contribution in [0.3, 0.4) is 0 Å². The lowest BCUT2D eigenvalue weighted by Gasteiger charge is -1.99. The second kappa shape index (κ2) is 5.56. The van der Waals surface area contributed by atoms with Gasteiger partial charge < -0.3 is 4.74 Å². The van der Waals surface area contributed by atoms with Crippen molar-refractivity contribution in [1.29, 1.82) is 0 Å². The molecular formula is C6H11IO. The zero-order valence-corrected chi connectivity index (χ0v) is 7.22. The summed E-state index contributed by atoms with van der Waals surface area (Å²) < 4.78 is 5.42. The minimum absolute atomic E-state index is 0.563. The van der Waals surface area contributed by atoms with Crippen molar-refractivity contribution in [2.75, 3.05) is 13.7 Å².